The molecule has 0 bridgehead atoms. The summed E-state index contributed by atoms with van der Waals surface area (Å²) >= 11 is 0. The Morgan fingerprint density at radius 1 is 0.469 bits per heavy atom. The molecule has 0 aliphatic carbocycles. The summed E-state index contributed by atoms with van der Waals surface area (Å²) in [5.74, 6) is 0. The van der Waals surface area contributed by atoms with Gasteiger partial charge in [-0.3, -0.25) is 39.3 Å². The summed E-state index contributed by atoms with van der Waals surface area (Å²) in [6.07, 6.45) is 6.75. The molecule has 6 N–H and O–H groups in total. The minimum atomic E-state index is -0.661. The standard InChI is InChI=1S/C15H11N3.3C5H3N3O2.Ru/c1-3-10-16-12(6-1)14-8-5-9-15(18-14)13-7-2-4-11-17-13;3*6-1-3-2-7-5(10)8-4(3)9;/h1-11H;3*2H,(H2,7,8,9,10);/q;;;;+2. The van der Waals surface area contributed by atoms with E-state index in [0.717, 1.165) is 41.4 Å². The van der Waals surface area contributed by atoms with Gasteiger partial charge in [-0.2, -0.15) is 15.8 Å². The first-order valence-electron chi connectivity index (χ1n) is 13.1. The number of nitrogens with zero attached hydrogens (tertiary/aromatic N) is 6. The third-order valence-corrected chi connectivity index (χ3v) is 5.42. The maximum atomic E-state index is 10.6. The number of hydrogen-bond acceptors (Lipinski definition) is 12. The van der Waals surface area contributed by atoms with Crippen molar-refractivity contribution >= 4 is 0 Å². The summed E-state index contributed by atoms with van der Waals surface area (Å²) in [5.41, 5.74) is -0.636. The van der Waals surface area contributed by atoms with Crippen molar-refractivity contribution in [2.45, 2.75) is 0 Å². The average Bonchev–Trinajstić information content (AvgIpc) is 3.10. The van der Waals surface area contributed by atoms with Crippen molar-refractivity contribution in [1.82, 2.24) is 44.9 Å². The predicted octanol–water partition coefficient (Wildman–Crippen LogP) is 0.00774. The molecule has 49 heavy (non-hydrogen) atoms. The molecule has 18 nitrogen and oxygen atoms in total. The quantitative estimate of drug-likeness (QED) is 0.128. The van der Waals surface area contributed by atoms with Gasteiger partial charge in [0, 0.05) is 31.0 Å². The van der Waals surface area contributed by atoms with Crippen molar-refractivity contribution in [3.63, 3.8) is 0 Å². The van der Waals surface area contributed by atoms with Crippen molar-refractivity contribution in [3.8, 4) is 41.0 Å². The van der Waals surface area contributed by atoms with Gasteiger partial charge in [0.25, 0.3) is 16.7 Å². The first-order valence-corrected chi connectivity index (χ1v) is 13.1. The van der Waals surface area contributed by atoms with Crippen molar-refractivity contribution < 1.29 is 19.5 Å². The first-order chi connectivity index (χ1) is 23.1. The van der Waals surface area contributed by atoms with Crippen LogP contribution in [0, 0.1) is 34.0 Å². The van der Waals surface area contributed by atoms with Crippen LogP contribution in [0.25, 0.3) is 22.8 Å². The van der Waals surface area contributed by atoms with Crippen LogP contribution in [0.4, 0.5) is 0 Å². The zero-order valence-corrected chi connectivity index (χ0v) is 26.3. The van der Waals surface area contributed by atoms with Crippen LogP contribution in [-0.4, -0.2) is 44.9 Å². The molecule has 19 heteroatoms. The fourth-order valence-corrected chi connectivity index (χ4v) is 3.23. The molecular formula is C30H20N12O6Ru+2. The molecule has 6 aromatic heterocycles. The van der Waals surface area contributed by atoms with Crippen molar-refractivity contribution in [1.29, 1.82) is 15.8 Å². The Kier molecular flexibility index (Phi) is 14.8. The number of pyridine rings is 3. The molecule has 6 rings (SSSR count). The van der Waals surface area contributed by atoms with E-state index >= 15 is 0 Å². The molecule has 0 aromatic carbocycles. The Balaban J connectivity index is 0.000000236. The Bertz CT molecular complexity index is 2250. The van der Waals surface area contributed by atoms with Crippen LogP contribution in [-0.2, 0) is 19.5 Å². The van der Waals surface area contributed by atoms with Gasteiger partial charge in [0.2, 0.25) is 0 Å². The summed E-state index contributed by atoms with van der Waals surface area (Å²) in [4.78, 5) is 88.1. The Morgan fingerprint density at radius 3 is 1.06 bits per heavy atom. The van der Waals surface area contributed by atoms with Gasteiger partial charge in [0.15, 0.2) is 0 Å². The van der Waals surface area contributed by atoms with Gasteiger partial charge < -0.3 is 15.0 Å². The van der Waals surface area contributed by atoms with E-state index in [1.165, 1.54) is 0 Å². The van der Waals surface area contributed by atoms with Gasteiger partial charge in [-0.05, 0) is 36.4 Å². The third-order valence-electron chi connectivity index (χ3n) is 5.42. The minimum absolute atomic E-state index is 0. The molecule has 0 unspecified atom stereocenters. The van der Waals surface area contributed by atoms with E-state index in [0.29, 0.717) is 0 Å². The topological polar surface area (TPSA) is 307 Å². The molecule has 6 heterocycles. The van der Waals surface area contributed by atoms with Crippen LogP contribution in [0.1, 0.15) is 16.7 Å². The summed E-state index contributed by atoms with van der Waals surface area (Å²) in [6.45, 7) is 0. The predicted molar refractivity (Wildman–Crippen MR) is 168 cm³/mol. The van der Waals surface area contributed by atoms with E-state index < -0.39 is 33.7 Å². The van der Waals surface area contributed by atoms with E-state index in [1.807, 2.05) is 69.5 Å². The van der Waals surface area contributed by atoms with Gasteiger partial charge in [-0.25, -0.2) is 19.4 Å². The van der Waals surface area contributed by atoms with Crippen molar-refractivity contribution in [3.05, 3.63) is 165 Å². The maximum Gasteiger partial charge on any atom is 2.00 e. The second kappa shape index (κ2) is 19.2. The third kappa shape index (κ3) is 11.8. The molecule has 0 amide bonds. The molecule has 242 valence electrons. The number of hydrogen-bond donors (Lipinski definition) is 6. The van der Waals surface area contributed by atoms with E-state index in [1.54, 1.807) is 30.6 Å². The summed E-state index contributed by atoms with van der Waals surface area (Å²) < 4.78 is 0. The first kappa shape index (κ1) is 37.8. The SMILES string of the molecule is N#Cc1c[nH]c(=O)[nH]c1=O.N#Cc1c[nH]c(=O)[nH]c1=O.N#Cc1c[nH]c(=O)[nH]c1=O.[Ru+2].c1ccc(-c2cccc(-c3ccccn3)n2)nc1. The number of aromatic amines is 6. The number of H-pyrrole nitrogens is 6. The smallest absolute Gasteiger partial charge is 0.313 e. The van der Waals surface area contributed by atoms with Crippen LogP contribution in [0.5, 0.6) is 0 Å². The molecule has 6 aromatic rings. The average molecular weight is 746 g/mol. The fraction of sp³-hybridized carbons (Fsp3) is 0. The second-order valence-electron chi connectivity index (χ2n) is 8.63. The molecule has 0 atom stereocenters. The zero-order valence-electron chi connectivity index (χ0n) is 24.6. The van der Waals surface area contributed by atoms with E-state index in [9.17, 15) is 28.8 Å². The van der Waals surface area contributed by atoms with Gasteiger partial charge in [0.1, 0.15) is 34.9 Å². The van der Waals surface area contributed by atoms with Gasteiger partial charge in [0.05, 0.1) is 22.8 Å². The van der Waals surface area contributed by atoms with Crippen molar-refractivity contribution in [2.75, 3.05) is 0 Å². The number of nitriles is 3. The van der Waals surface area contributed by atoms with Crippen LogP contribution >= 0.6 is 0 Å². The number of nitrogens with one attached hydrogen (secondary N) is 6. The van der Waals surface area contributed by atoms with Crippen LogP contribution in [0.2, 0.25) is 0 Å². The van der Waals surface area contributed by atoms with Gasteiger partial charge >= 0.3 is 36.5 Å². The monoisotopic (exact) mass is 746 g/mol. The van der Waals surface area contributed by atoms with Crippen molar-refractivity contribution in [2.24, 2.45) is 0 Å². The summed E-state index contributed by atoms with van der Waals surface area (Å²) in [5, 5.41) is 24.7. The van der Waals surface area contributed by atoms with Crippen LogP contribution < -0.4 is 33.7 Å². The molecule has 0 fully saturated rings. The largest absolute Gasteiger partial charge is 2.00 e. The van der Waals surface area contributed by atoms with Crippen LogP contribution in [0.15, 0.2) is 114 Å². The Labute approximate surface area is 285 Å². The fourth-order valence-electron chi connectivity index (χ4n) is 3.23. The molecule has 0 saturated heterocycles. The zero-order chi connectivity index (χ0) is 34.9. The second-order valence-corrected chi connectivity index (χ2v) is 8.63. The van der Waals surface area contributed by atoms with Crippen LogP contribution in [0.3, 0.4) is 0 Å². The summed E-state index contributed by atoms with van der Waals surface area (Å²) in [7, 11) is 0. The van der Waals surface area contributed by atoms with E-state index in [-0.39, 0.29) is 36.2 Å². The van der Waals surface area contributed by atoms with E-state index in [4.69, 9.17) is 15.8 Å². The minimum Gasteiger partial charge on any atom is -0.313 e. The molecular weight excluding hydrogens is 725 g/mol. The molecule has 0 aliphatic heterocycles. The normalized spacial score (nSPS) is 9.08. The number of aromatic nitrogens is 9. The number of rotatable bonds is 2. The van der Waals surface area contributed by atoms with Gasteiger partial charge in [-0.1, -0.05) is 18.2 Å². The molecule has 0 radical (unpaired) electrons. The molecule has 0 aliphatic rings. The van der Waals surface area contributed by atoms with E-state index in [2.05, 4.69) is 29.9 Å². The molecule has 0 saturated carbocycles. The Morgan fingerprint density at radius 2 is 0.796 bits per heavy atom. The van der Waals surface area contributed by atoms with Gasteiger partial charge in [-0.15, -0.1) is 0 Å². The summed E-state index contributed by atoms with van der Waals surface area (Å²) in [6, 6.07) is 22.3. The molecule has 0 spiro atoms. The Hall–Kier alpha value is -7.42. The maximum absolute atomic E-state index is 10.6.